The molecule has 1 rings (SSSR count). The fourth-order valence-corrected chi connectivity index (χ4v) is 3.06. The zero-order chi connectivity index (χ0) is 15.2. The van der Waals surface area contributed by atoms with Gasteiger partial charge in [-0.2, -0.15) is 5.26 Å². The van der Waals surface area contributed by atoms with E-state index in [-0.39, 0.29) is 11.3 Å². The van der Waals surface area contributed by atoms with Crippen LogP contribution in [0, 0.1) is 28.6 Å². The summed E-state index contributed by atoms with van der Waals surface area (Å²) in [6.07, 6.45) is 4.35. The molecule has 0 unspecified atom stereocenters. The van der Waals surface area contributed by atoms with Gasteiger partial charge in [0.1, 0.15) is 0 Å². The van der Waals surface area contributed by atoms with Crippen molar-refractivity contribution in [2.45, 2.75) is 52.9 Å². The molecule has 0 aromatic heterocycles. The summed E-state index contributed by atoms with van der Waals surface area (Å²) in [4.78, 5) is 14.8. The molecule has 0 spiro atoms. The Bertz CT molecular complexity index is 351. The molecule has 1 amide bonds. The molecule has 20 heavy (non-hydrogen) atoms. The summed E-state index contributed by atoms with van der Waals surface area (Å²) in [5.74, 6) is 1.28. The number of amides is 1. The third-order valence-corrected chi connectivity index (χ3v) is 4.44. The Morgan fingerprint density at radius 1 is 1.45 bits per heavy atom. The molecule has 0 bridgehead atoms. The van der Waals surface area contributed by atoms with Crippen LogP contribution in [0.25, 0.3) is 0 Å². The zero-order valence-electron chi connectivity index (χ0n) is 13.2. The van der Waals surface area contributed by atoms with Crippen LogP contribution >= 0.6 is 0 Å². The second kappa shape index (κ2) is 7.64. The Balaban J connectivity index is 2.82. The van der Waals surface area contributed by atoms with E-state index < -0.39 is 0 Å². The van der Waals surface area contributed by atoms with Crippen molar-refractivity contribution in [2.75, 3.05) is 19.6 Å². The lowest BCUT2D eigenvalue weighted by molar-refractivity contribution is -0.144. The Labute approximate surface area is 123 Å². The number of nitriles is 1. The van der Waals surface area contributed by atoms with Crippen molar-refractivity contribution < 1.29 is 4.79 Å². The highest BCUT2D eigenvalue weighted by Crippen LogP contribution is 2.39. The van der Waals surface area contributed by atoms with Crippen LogP contribution in [0.4, 0.5) is 0 Å². The highest BCUT2D eigenvalue weighted by atomic mass is 16.2. The van der Waals surface area contributed by atoms with E-state index in [1.54, 1.807) is 0 Å². The smallest absolute Gasteiger partial charge is 0.230 e. The maximum atomic E-state index is 12.9. The second-order valence-electron chi connectivity index (χ2n) is 6.72. The second-order valence-corrected chi connectivity index (χ2v) is 6.72. The maximum absolute atomic E-state index is 12.9. The summed E-state index contributed by atoms with van der Waals surface area (Å²) in [5, 5.41) is 8.78. The van der Waals surface area contributed by atoms with Crippen molar-refractivity contribution in [3.05, 3.63) is 0 Å². The van der Waals surface area contributed by atoms with E-state index >= 15 is 0 Å². The fourth-order valence-electron chi connectivity index (χ4n) is 3.06. The van der Waals surface area contributed by atoms with Crippen LogP contribution in [0.2, 0.25) is 0 Å². The standard InChI is InChI=1S/C16H29N3O/c1-13(2)11-19(10-4-9-17)15(20)16(12-18)7-5-14(3)6-8-16/h13-14H,4-8,10-12,18H2,1-3H3. The molecule has 0 radical (unpaired) electrons. The average Bonchev–Trinajstić information content (AvgIpc) is 2.43. The van der Waals surface area contributed by atoms with E-state index in [0.29, 0.717) is 31.3 Å². The van der Waals surface area contributed by atoms with Gasteiger partial charge in [-0.05, 0) is 37.5 Å². The molecular formula is C16H29N3O. The molecule has 0 aromatic rings. The molecule has 4 heteroatoms. The molecule has 0 atom stereocenters. The molecule has 1 fully saturated rings. The summed E-state index contributed by atoms with van der Waals surface area (Å²) >= 11 is 0. The van der Waals surface area contributed by atoms with Crippen molar-refractivity contribution in [1.82, 2.24) is 4.90 Å². The van der Waals surface area contributed by atoms with Crippen molar-refractivity contribution in [3.63, 3.8) is 0 Å². The van der Waals surface area contributed by atoms with Gasteiger partial charge in [-0.25, -0.2) is 0 Å². The van der Waals surface area contributed by atoms with Crippen molar-refractivity contribution in [2.24, 2.45) is 23.0 Å². The van der Waals surface area contributed by atoms with Crippen LogP contribution in [-0.4, -0.2) is 30.4 Å². The van der Waals surface area contributed by atoms with Crippen LogP contribution in [0.1, 0.15) is 52.9 Å². The van der Waals surface area contributed by atoms with Crippen LogP contribution in [0.3, 0.4) is 0 Å². The van der Waals surface area contributed by atoms with Gasteiger partial charge < -0.3 is 10.6 Å². The molecular weight excluding hydrogens is 250 g/mol. The maximum Gasteiger partial charge on any atom is 0.230 e. The topological polar surface area (TPSA) is 70.1 Å². The van der Waals surface area contributed by atoms with Gasteiger partial charge in [-0.1, -0.05) is 20.8 Å². The zero-order valence-corrected chi connectivity index (χ0v) is 13.2. The Morgan fingerprint density at radius 2 is 2.05 bits per heavy atom. The number of carbonyl (C=O) groups is 1. The van der Waals surface area contributed by atoms with Gasteiger partial charge in [0, 0.05) is 19.6 Å². The molecule has 4 nitrogen and oxygen atoms in total. The number of hydrogen-bond donors (Lipinski definition) is 1. The quantitative estimate of drug-likeness (QED) is 0.812. The number of hydrogen-bond acceptors (Lipinski definition) is 3. The summed E-state index contributed by atoms with van der Waals surface area (Å²) in [7, 11) is 0. The van der Waals surface area contributed by atoms with Gasteiger partial charge in [0.05, 0.1) is 17.9 Å². The molecule has 1 aliphatic carbocycles. The van der Waals surface area contributed by atoms with E-state index in [9.17, 15) is 4.79 Å². The molecule has 1 saturated carbocycles. The molecule has 0 aliphatic heterocycles. The van der Waals surface area contributed by atoms with Crippen LogP contribution in [0.5, 0.6) is 0 Å². The van der Waals surface area contributed by atoms with Gasteiger partial charge in [-0.15, -0.1) is 0 Å². The average molecular weight is 279 g/mol. The van der Waals surface area contributed by atoms with Crippen LogP contribution in [0.15, 0.2) is 0 Å². The van der Waals surface area contributed by atoms with Crippen molar-refractivity contribution in [3.8, 4) is 6.07 Å². The minimum absolute atomic E-state index is 0.177. The first kappa shape index (κ1) is 17.0. The molecule has 114 valence electrons. The number of carbonyl (C=O) groups excluding carboxylic acids is 1. The summed E-state index contributed by atoms with van der Waals surface area (Å²) in [5.41, 5.74) is 5.59. The summed E-state index contributed by atoms with van der Waals surface area (Å²) < 4.78 is 0. The van der Waals surface area contributed by atoms with E-state index in [1.165, 1.54) is 0 Å². The van der Waals surface area contributed by atoms with E-state index in [0.717, 1.165) is 32.2 Å². The van der Waals surface area contributed by atoms with Crippen LogP contribution < -0.4 is 5.73 Å². The van der Waals surface area contributed by atoms with Gasteiger partial charge >= 0.3 is 0 Å². The number of nitrogens with two attached hydrogens (primary N) is 1. The van der Waals surface area contributed by atoms with Crippen molar-refractivity contribution in [1.29, 1.82) is 5.26 Å². The Kier molecular flexibility index (Phi) is 6.48. The SMILES string of the molecule is CC(C)CN(CCC#N)C(=O)C1(CN)CCC(C)CC1. The van der Waals surface area contributed by atoms with E-state index in [1.807, 2.05) is 4.90 Å². The Hall–Kier alpha value is -1.08. The molecule has 0 saturated heterocycles. The van der Waals surface area contributed by atoms with Gasteiger partial charge in [0.15, 0.2) is 0 Å². The highest BCUT2D eigenvalue weighted by molar-refractivity contribution is 5.83. The lowest BCUT2D eigenvalue weighted by Crippen LogP contribution is -2.50. The van der Waals surface area contributed by atoms with Crippen molar-refractivity contribution >= 4 is 5.91 Å². The van der Waals surface area contributed by atoms with Gasteiger partial charge in [0.2, 0.25) is 5.91 Å². The molecule has 1 aliphatic rings. The summed E-state index contributed by atoms with van der Waals surface area (Å²) in [6, 6.07) is 2.14. The van der Waals surface area contributed by atoms with E-state index in [4.69, 9.17) is 11.0 Å². The monoisotopic (exact) mass is 279 g/mol. The lowest BCUT2D eigenvalue weighted by Gasteiger charge is -2.41. The third-order valence-electron chi connectivity index (χ3n) is 4.44. The summed E-state index contributed by atoms with van der Waals surface area (Å²) in [6.45, 7) is 8.13. The Morgan fingerprint density at radius 3 is 2.50 bits per heavy atom. The highest BCUT2D eigenvalue weighted by Gasteiger charge is 2.42. The first-order chi connectivity index (χ1) is 9.45. The number of nitrogens with zero attached hydrogens (tertiary/aromatic N) is 2. The lowest BCUT2D eigenvalue weighted by atomic mass is 9.70. The fraction of sp³-hybridized carbons (Fsp3) is 0.875. The van der Waals surface area contributed by atoms with Gasteiger partial charge in [-0.3, -0.25) is 4.79 Å². The largest absolute Gasteiger partial charge is 0.341 e. The predicted molar refractivity (Wildman–Crippen MR) is 80.8 cm³/mol. The predicted octanol–water partition coefficient (Wildman–Crippen LogP) is 2.54. The third kappa shape index (κ3) is 4.21. The molecule has 2 N–H and O–H groups in total. The molecule has 0 heterocycles. The first-order valence-corrected chi connectivity index (χ1v) is 7.81. The van der Waals surface area contributed by atoms with E-state index in [2.05, 4.69) is 26.8 Å². The first-order valence-electron chi connectivity index (χ1n) is 7.81. The number of rotatable bonds is 6. The van der Waals surface area contributed by atoms with Gasteiger partial charge in [0.25, 0.3) is 0 Å². The minimum Gasteiger partial charge on any atom is -0.341 e. The minimum atomic E-state index is -0.378. The van der Waals surface area contributed by atoms with Crippen LogP contribution in [-0.2, 0) is 4.79 Å². The molecule has 0 aromatic carbocycles. The normalized spacial score (nSPS) is 26.3.